The lowest BCUT2D eigenvalue weighted by Gasteiger charge is -2.34. The van der Waals surface area contributed by atoms with Crippen LogP contribution in [-0.4, -0.2) is 6.04 Å². The Bertz CT molecular complexity index is 842. The molecule has 1 aromatic rings. The van der Waals surface area contributed by atoms with Crippen LogP contribution in [-0.2, 0) is 0 Å². The minimum absolute atomic E-state index is 0.671. The maximum atomic E-state index is 4.43. The Morgan fingerprint density at radius 1 is 1.15 bits per heavy atom. The maximum absolute atomic E-state index is 4.43. The number of anilines is 1. The van der Waals surface area contributed by atoms with E-state index in [0.717, 1.165) is 34.8 Å². The van der Waals surface area contributed by atoms with Gasteiger partial charge in [0.1, 0.15) is 0 Å². The zero-order valence-corrected chi connectivity index (χ0v) is 18.1. The van der Waals surface area contributed by atoms with Crippen molar-refractivity contribution in [3.63, 3.8) is 0 Å². The van der Waals surface area contributed by atoms with Crippen molar-refractivity contribution < 1.29 is 0 Å². The van der Waals surface area contributed by atoms with Crippen LogP contribution < -0.4 is 4.90 Å². The number of nitrogens with zero attached hydrogens (tertiary/aromatic N) is 1. The van der Waals surface area contributed by atoms with Crippen molar-refractivity contribution in [2.24, 2.45) is 17.8 Å². The molecule has 0 saturated heterocycles. The molecule has 0 aromatic heterocycles. The Labute approximate surface area is 171 Å². The molecule has 1 nitrogen and oxygen atoms in total. The average Bonchev–Trinajstić information content (AvgIpc) is 3.26. The first kappa shape index (κ1) is 17.1. The second-order valence-corrected chi connectivity index (χ2v) is 10.3. The Hall–Kier alpha value is -1.03. The van der Waals surface area contributed by atoms with E-state index < -0.39 is 0 Å². The number of halogens is 1. The zero-order chi connectivity index (χ0) is 18.2. The first-order valence-electron chi connectivity index (χ1n) is 10.1. The number of hydrogen-bond donors (Lipinski definition) is 0. The molecule has 3 fully saturated rings. The van der Waals surface area contributed by atoms with Crippen LogP contribution >= 0.6 is 22.6 Å². The van der Waals surface area contributed by atoms with E-state index in [-0.39, 0.29) is 0 Å². The summed E-state index contributed by atoms with van der Waals surface area (Å²) in [6, 6.07) is 5.61. The predicted molar refractivity (Wildman–Crippen MR) is 119 cm³/mol. The predicted octanol–water partition coefficient (Wildman–Crippen LogP) is 6.90. The van der Waals surface area contributed by atoms with Gasteiger partial charge in [0.2, 0.25) is 0 Å². The van der Waals surface area contributed by atoms with Gasteiger partial charge < -0.3 is 4.90 Å². The van der Waals surface area contributed by atoms with Gasteiger partial charge >= 0.3 is 0 Å². The fraction of sp³-hybridized carbons (Fsp3) is 0.500. The smallest absolute Gasteiger partial charge is 0.0492 e. The van der Waals surface area contributed by atoms with Crippen LogP contribution in [0.5, 0.6) is 0 Å². The molecule has 2 bridgehead atoms. The summed E-state index contributed by atoms with van der Waals surface area (Å²) in [6.07, 6.45) is 9.22. The van der Waals surface area contributed by atoms with Crippen LogP contribution in [0.15, 0.2) is 42.6 Å². The number of hydrogen-bond acceptors (Lipinski definition) is 1. The molecule has 26 heavy (non-hydrogen) atoms. The summed E-state index contributed by atoms with van der Waals surface area (Å²) in [7, 11) is 0. The lowest BCUT2D eigenvalue weighted by atomic mass is 9.78. The third kappa shape index (κ3) is 2.55. The highest BCUT2D eigenvalue weighted by Gasteiger charge is 2.45. The molecular weight excluding hydrogens is 429 g/mol. The molecule has 4 atom stereocenters. The lowest BCUT2D eigenvalue weighted by molar-refractivity contribution is 0.326. The van der Waals surface area contributed by atoms with E-state index >= 15 is 0 Å². The molecule has 1 aliphatic heterocycles. The Kier molecular flexibility index (Phi) is 3.93. The largest absolute Gasteiger partial charge is 0.344 e. The summed E-state index contributed by atoms with van der Waals surface area (Å²) in [5.41, 5.74) is 7.81. The van der Waals surface area contributed by atoms with Gasteiger partial charge in [-0.25, -0.2) is 0 Å². The van der Waals surface area contributed by atoms with E-state index in [4.69, 9.17) is 0 Å². The number of fused-ring (bicyclic) bond motifs is 3. The average molecular weight is 457 g/mol. The molecule has 5 rings (SSSR count). The van der Waals surface area contributed by atoms with Crippen LogP contribution in [0.4, 0.5) is 5.69 Å². The van der Waals surface area contributed by atoms with E-state index in [1.165, 1.54) is 52.5 Å². The summed E-state index contributed by atoms with van der Waals surface area (Å²) in [6.45, 7) is 13.2. The van der Waals surface area contributed by atoms with Crippen molar-refractivity contribution in [2.45, 2.75) is 57.9 Å². The van der Waals surface area contributed by atoms with E-state index in [2.05, 4.69) is 72.8 Å². The van der Waals surface area contributed by atoms with E-state index in [0.29, 0.717) is 6.04 Å². The van der Waals surface area contributed by atoms with Gasteiger partial charge in [-0.1, -0.05) is 20.1 Å². The standard InChI is InChI=1S/C24H28IN/c1-13(2)22-12-26(18-5-6-18)24-11-21(23(25)10-19(24)15(22)4)20-9-16-8-17(20)7-14(16)3/h10-12,14,16-18,20H,1,4-9H2,2-3H3. The molecule has 4 aliphatic rings. The van der Waals surface area contributed by atoms with E-state index in [1.807, 2.05) is 0 Å². The lowest BCUT2D eigenvalue weighted by Crippen LogP contribution is -2.25. The second-order valence-electron chi connectivity index (χ2n) is 9.14. The minimum atomic E-state index is 0.671. The van der Waals surface area contributed by atoms with Gasteiger partial charge in [-0.2, -0.15) is 0 Å². The molecule has 2 heteroatoms. The normalized spacial score (nSPS) is 32.7. The molecule has 3 saturated carbocycles. The van der Waals surface area contributed by atoms with Crippen molar-refractivity contribution in [1.82, 2.24) is 0 Å². The molecule has 3 aliphatic carbocycles. The molecule has 0 spiro atoms. The second kappa shape index (κ2) is 5.98. The number of benzene rings is 1. The fourth-order valence-corrected chi connectivity index (χ4v) is 6.58. The highest BCUT2D eigenvalue weighted by molar-refractivity contribution is 14.1. The zero-order valence-electron chi connectivity index (χ0n) is 15.9. The molecule has 0 amide bonds. The van der Waals surface area contributed by atoms with Crippen molar-refractivity contribution in [3.05, 3.63) is 57.3 Å². The Morgan fingerprint density at radius 2 is 1.92 bits per heavy atom. The topological polar surface area (TPSA) is 3.24 Å². The monoisotopic (exact) mass is 457 g/mol. The van der Waals surface area contributed by atoms with E-state index in [1.54, 1.807) is 5.56 Å². The summed E-state index contributed by atoms with van der Waals surface area (Å²) in [4.78, 5) is 2.53. The first-order valence-corrected chi connectivity index (χ1v) is 11.2. The van der Waals surface area contributed by atoms with Gasteiger partial charge in [-0.15, -0.1) is 0 Å². The molecule has 136 valence electrons. The van der Waals surface area contributed by atoms with Crippen molar-refractivity contribution in [2.75, 3.05) is 4.90 Å². The maximum Gasteiger partial charge on any atom is 0.0492 e. The minimum Gasteiger partial charge on any atom is -0.344 e. The SMILES string of the molecule is C=C(C)C1=CN(C2CC2)c2cc(C3CC4CC3CC4C)c(I)cc2C1=C. The molecule has 1 heterocycles. The molecule has 1 aromatic carbocycles. The van der Waals surface area contributed by atoms with Gasteiger partial charge in [-0.05, 0) is 114 Å². The Morgan fingerprint density at radius 3 is 2.50 bits per heavy atom. The van der Waals surface area contributed by atoms with Gasteiger partial charge in [0, 0.05) is 32.6 Å². The van der Waals surface area contributed by atoms with Crippen LogP contribution in [0.3, 0.4) is 0 Å². The quantitative estimate of drug-likeness (QED) is 0.447. The highest BCUT2D eigenvalue weighted by atomic mass is 127. The summed E-state index contributed by atoms with van der Waals surface area (Å²) < 4.78 is 1.44. The molecule has 0 N–H and O–H groups in total. The van der Waals surface area contributed by atoms with Crippen LogP contribution in [0.2, 0.25) is 0 Å². The van der Waals surface area contributed by atoms with Crippen LogP contribution in [0, 0.1) is 21.3 Å². The van der Waals surface area contributed by atoms with Gasteiger partial charge in [0.25, 0.3) is 0 Å². The summed E-state index contributed by atoms with van der Waals surface area (Å²) in [5, 5.41) is 0. The van der Waals surface area contributed by atoms with Gasteiger partial charge in [-0.3, -0.25) is 0 Å². The van der Waals surface area contributed by atoms with Gasteiger partial charge in [0.15, 0.2) is 0 Å². The molecular formula is C24H28IN. The molecule has 4 unspecified atom stereocenters. The first-order chi connectivity index (χ1) is 12.4. The highest BCUT2D eigenvalue weighted by Crippen LogP contribution is 2.57. The summed E-state index contributed by atoms with van der Waals surface area (Å²) in [5.74, 6) is 3.58. The van der Waals surface area contributed by atoms with Crippen molar-refractivity contribution in [3.8, 4) is 0 Å². The Balaban J connectivity index is 1.58. The van der Waals surface area contributed by atoms with Crippen LogP contribution in [0.1, 0.15) is 63.0 Å². The van der Waals surface area contributed by atoms with Crippen molar-refractivity contribution in [1.29, 1.82) is 0 Å². The van der Waals surface area contributed by atoms with Crippen molar-refractivity contribution >= 4 is 33.9 Å². The van der Waals surface area contributed by atoms with E-state index in [9.17, 15) is 0 Å². The number of rotatable bonds is 3. The molecule has 0 radical (unpaired) electrons. The summed E-state index contributed by atoms with van der Waals surface area (Å²) >= 11 is 2.58. The third-order valence-electron chi connectivity index (χ3n) is 7.32. The fourth-order valence-electron chi connectivity index (χ4n) is 5.72. The number of allylic oxidation sites excluding steroid dienone is 3. The van der Waals surface area contributed by atoms with Gasteiger partial charge in [0.05, 0.1) is 0 Å². The third-order valence-corrected chi connectivity index (χ3v) is 8.26. The van der Waals surface area contributed by atoms with Crippen LogP contribution in [0.25, 0.3) is 5.57 Å².